The van der Waals surface area contributed by atoms with Crippen LogP contribution in [0.15, 0.2) is 21.5 Å². The number of nitrogens with one attached hydrogen (secondary N) is 1. The van der Waals surface area contributed by atoms with E-state index in [1.54, 1.807) is 0 Å². The average Bonchev–Trinajstić information content (AvgIpc) is 2.35. The molecule has 1 fully saturated rings. The Morgan fingerprint density at radius 3 is 2.89 bits per heavy atom. The standard InChI is InChI=1S/C13H20N2O3/c1-15(7-10-2-4-14-5-3-10)8-11-6-12(16)13(17)9-18-11/h6,9-10,14,17H,2-5,7-8H2,1H3. The zero-order chi connectivity index (χ0) is 13.0. The lowest BCUT2D eigenvalue weighted by atomic mass is 9.98. The first-order chi connectivity index (χ1) is 8.65. The van der Waals surface area contributed by atoms with Crippen LogP contribution in [0.1, 0.15) is 18.6 Å². The van der Waals surface area contributed by atoms with Crippen LogP contribution >= 0.6 is 0 Å². The van der Waals surface area contributed by atoms with Crippen molar-refractivity contribution in [2.75, 3.05) is 26.7 Å². The van der Waals surface area contributed by atoms with Gasteiger partial charge in [-0.05, 0) is 38.9 Å². The van der Waals surface area contributed by atoms with E-state index in [2.05, 4.69) is 10.2 Å². The van der Waals surface area contributed by atoms with Gasteiger partial charge in [-0.25, -0.2) is 0 Å². The first kappa shape index (κ1) is 13.1. The molecule has 0 atom stereocenters. The van der Waals surface area contributed by atoms with Gasteiger partial charge < -0.3 is 14.8 Å². The highest BCUT2D eigenvalue weighted by molar-refractivity contribution is 5.15. The maximum absolute atomic E-state index is 11.3. The van der Waals surface area contributed by atoms with Crippen molar-refractivity contribution in [3.63, 3.8) is 0 Å². The second kappa shape index (κ2) is 6.02. The summed E-state index contributed by atoms with van der Waals surface area (Å²) in [5, 5.41) is 12.5. The highest BCUT2D eigenvalue weighted by Gasteiger charge is 2.15. The summed E-state index contributed by atoms with van der Waals surface area (Å²) < 4.78 is 5.19. The first-order valence-electron chi connectivity index (χ1n) is 6.35. The summed E-state index contributed by atoms with van der Waals surface area (Å²) in [6.07, 6.45) is 3.50. The molecule has 100 valence electrons. The van der Waals surface area contributed by atoms with Gasteiger partial charge >= 0.3 is 0 Å². The zero-order valence-electron chi connectivity index (χ0n) is 10.7. The molecular weight excluding hydrogens is 232 g/mol. The molecule has 0 amide bonds. The van der Waals surface area contributed by atoms with Crippen LogP contribution in [0.25, 0.3) is 0 Å². The lowest BCUT2D eigenvalue weighted by Gasteiger charge is -2.27. The van der Waals surface area contributed by atoms with E-state index in [1.165, 1.54) is 18.9 Å². The van der Waals surface area contributed by atoms with Crippen molar-refractivity contribution in [3.8, 4) is 5.75 Å². The molecule has 0 aromatic carbocycles. The molecule has 1 aromatic heterocycles. The van der Waals surface area contributed by atoms with Crippen LogP contribution in [0.2, 0.25) is 0 Å². The Morgan fingerprint density at radius 1 is 1.50 bits per heavy atom. The fourth-order valence-corrected chi connectivity index (χ4v) is 2.36. The van der Waals surface area contributed by atoms with Crippen LogP contribution < -0.4 is 10.7 Å². The molecule has 1 aliphatic rings. The molecule has 2 rings (SSSR count). The van der Waals surface area contributed by atoms with E-state index in [-0.39, 0.29) is 11.2 Å². The van der Waals surface area contributed by atoms with E-state index in [1.807, 2.05) is 7.05 Å². The average molecular weight is 252 g/mol. The Hall–Kier alpha value is -1.33. The minimum absolute atomic E-state index is 0.334. The van der Waals surface area contributed by atoms with E-state index < -0.39 is 0 Å². The van der Waals surface area contributed by atoms with Gasteiger partial charge in [0, 0.05) is 12.6 Å². The van der Waals surface area contributed by atoms with Crippen LogP contribution in [0.5, 0.6) is 5.75 Å². The predicted octanol–water partition coefficient (Wildman–Crippen LogP) is 0.777. The van der Waals surface area contributed by atoms with E-state index in [9.17, 15) is 4.79 Å². The van der Waals surface area contributed by atoms with Crippen LogP contribution in [0, 0.1) is 5.92 Å². The van der Waals surface area contributed by atoms with Gasteiger partial charge in [0.1, 0.15) is 12.0 Å². The minimum atomic E-state index is -0.383. The summed E-state index contributed by atoms with van der Waals surface area (Å²) in [6.45, 7) is 3.78. The van der Waals surface area contributed by atoms with Crippen molar-refractivity contribution in [3.05, 3.63) is 28.3 Å². The fourth-order valence-electron chi connectivity index (χ4n) is 2.36. The van der Waals surface area contributed by atoms with E-state index >= 15 is 0 Å². The highest BCUT2D eigenvalue weighted by atomic mass is 16.4. The quantitative estimate of drug-likeness (QED) is 0.829. The lowest BCUT2D eigenvalue weighted by molar-refractivity contribution is 0.219. The number of hydrogen-bond acceptors (Lipinski definition) is 5. The zero-order valence-corrected chi connectivity index (χ0v) is 10.7. The smallest absolute Gasteiger partial charge is 0.226 e. The molecule has 1 saturated heterocycles. The van der Waals surface area contributed by atoms with Gasteiger partial charge in [0.25, 0.3) is 0 Å². The minimum Gasteiger partial charge on any atom is -0.502 e. The summed E-state index contributed by atoms with van der Waals surface area (Å²) in [7, 11) is 2.02. The Bertz CT molecular complexity index is 438. The van der Waals surface area contributed by atoms with Gasteiger partial charge in [0.2, 0.25) is 5.43 Å². The van der Waals surface area contributed by atoms with Gasteiger partial charge in [-0.2, -0.15) is 0 Å². The number of piperidine rings is 1. The van der Waals surface area contributed by atoms with Crippen LogP contribution in [0.4, 0.5) is 0 Å². The molecule has 0 bridgehead atoms. The molecule has 5 heteroatoms. The van der Waals surface area contributed by atoms with Crippen molar-refractivity contribution in [2.45, 2.75) is 19.4 Å². The Balaban J connectivity index is 1.87. The van der Waals surface area contributed by atoms with Gasteiger partial charge in [-0.3, -0.25) is 9.69 Å². The molecule has 0 unspecified atom stereocenters. The summed E-state index contributed by atoms with van der Waals surface area (Å²) in [5.41, 5.74) is -0.383. The normalized spacial score (nSPS) is 17.2. The molecule has 0 aliphatic carbocycles. The molecule has 2 N–H and O–H groups in total. The molecule has 2 heterocycles. The van der Waals surface area contributed by atoms with Crippen molar-refractivity contribution < 1.29 is 9.52 Å². The fraction of sp³-hybridized carbons (Fsp3) is 0.615. The van der Waals surface area contributed by atoms with Gasteiger partial charge in [0.15, 0.2) is 5.75 Å². The maximum Gasteiger partial charge on any atom is 0.226 e. The number of rotatable bonds is 4. The van der Waals surface area contributed by atoms with Crippen molar-refractivity contribution in [1.82, 2.24) is 10.2 Å². The monoisotopic (exact) mass is 252 g/mol. The third-order valence-electron chi connectivity index (χ3n) is 3.32. The maximum atomic E-state index is 11.3. The third-order valence-corrected chi connectivity index (χ3v) is 3.32. The van der Waals surface area contributed by atoms with Crippen LogP contribution in [0.3, 0.4) is 0 Å². The topological polar surface area (TPSA) is 65.7 Å². The molecular formula is C13H20N2O3. The van der Waals surface area contributed by atoms with Gasteiger partial charge in [-0.15, -0.1) is 0 Å². The van der Waals surface area contributed by atoms with Gasteiger partial charge in [-0.1, -0.05) is 0 Å². The summed E-state index contributed by atoms with van der Waals surface area (Å²) >= 11 is 0. The Morgan fingerprint density at radius 2 is 2.22 bits per heavy atom. The second-order valence-electron chi connectivity index (χ2n) is 4.99. The largest absolute Gasteiger partial charge is 0.502 e. The molecule has 5 nitrogen and oxygen atoms in total. The van der Waals surface area contributed by atoms with E-state index in [0.717, 1.165) is 25.9 Å². The third kappa shape index (κ3) is 3.58. The second-order valence-corrected chi connectivity index (χ2v) is 4.99. The Labute approximate surface area is 106 Å². The summed E-state index contributed by atoms with van der Waals surface area (Å²) in [5.74, 6) is 0.967. The first-order valence-corrected chi connectivity index (χ1v) is 6.35. The van der Waals surface area contributed by atoms with Crippen molar-refractivity contribution >= 4 is 0 Å². The lowest BCUT2D eigenvalue weighted by Crippen LogP contribution is -2.34. The molecule has 1 aliphatic heterocycles. The van der Waals surface area contributed by atoms with Crippen LogP contribution in [-0.2, 0) is 6.54 Å². The summed E-state index contributed by atoms with van der Waals surface area (Å²) in [6, 6.07) is 1.36. The number of hydrogen-bond donors (Lipinski definition) is 2. The van der Waals surface area contributed by atoms with Crippen molar-refractivity contribution in [1.29, 1.82) is 0 Å². The molecule has 0 radical (unpaired) electrons. The number of nitrogens with zero attached hydrogens (tertiary/aromatic N) is 1. The SMILES string of the molecule is CN(Cc1cc(=O)c(O)co1)CC1CCNCC1. The highest BCUT2D eigenvalue weighted by Crippen LogP contribution is 2.14. The molecule has 18 heavy (non-hydrogen) atoms. The number of aromatic hydroxyl groups is 1. The van der Waals surface area contributed by atoms with E-state index in [0.29, 0.717) is 18.2 Å². The molecule has 0 spiro atoms. The Kier molecular flexibility index (Phi) is 4.38. The summed E-state index contributed by atoms with van der Waals surface area (Å²) in [4.78, 5) is 13.4. The van der Waals surface area contributed by atoms with Crippen molar-refractivity contribution in [2.24, 2.45) is 5.92 Å². The molecule has 1 aromatic rings. The van der Waals surface area contributed by atoms with Crippen LogP contribution in [-0.4, -0.2) is 36.7 Å². The van der Waals surface area contributed by atoms with Gasteiger partial charge in [0.05, 0.1) is 6.54 Å². The predicted molar refractivity (Wildman–Crippen MR) is 68.6 cm³/mol. The molecule has 0 saturated carbocycles. The van der Waals surface area contributed by atoms with E-state index in [4.69, 9.17) is 9.52 Å².